The molecule has 0 unspecified atom stereocenters. The second kappa shape index (κ2) is 11.1. The lowest BCUT2D eigenvalue weighted by Gasteiger charge is -2.29. The lowest BCUT2D eigenvalue weighted by Crippen LogP contribution is -2.13. The summed E-state index contributed by atoms with van der Waals surface area (Å²) in [6.45, 7) is 4.23. The van der Waals surface area contributed by atoms with E-state index in [0.717, 1.165) is 17.9 Å². The van der Waals surface area contributed by atoms with Gasteiger partial charge in [-0.25, -0.2) is 9.97 Å². The van der Waals surface area contributed by atoms with Gasteiger partial charge >= 0.3 is 5.97 Å². The normalized spacial score (nSPS) is 19.1. The maximum absolute atomic E-state index is 11.6. The third-order valence-electron chi connectivity index (χ3n) is 6.02. The highest BCUT2D eigenvalue weighted by Gasteiger charge is 2.22. The average Bonchev–Trinajstić information content (AvgIpc) is 2.75. The molecule has 29 heavy (non-hydrogen) atoms. The van der Waals surface area contributed by atoms with Crippen LogP contribution in [0.5, 0.6) is 5.75 Å². The Hall–Kier alpha value is -2.23. The number of unbranched alkanes of at least 4 members (excludes halogenated alkanes) is 2. The predicted molar refractivity (Wildman–Crippen MR) is 117 cm³/mol. The average molecular weight is 395 g/mol. The van der Waals surface area contributed by atoms with Crippen molar-refractivity contribution in [2.75, 3.05) is 0 Å². The zero-order chi connectivity index (χ0) is 20.5. The van der Waals surface area contributed by atoms with Crippen LogP contribution in [0.25, 0.3) is 11.4 Å². The van der Waals surface area contributed by atoms with Crippen LogP contribution in [0.15, 0.2) is 36.7 Å². The van der Waals surface area contributed by atoms with Gasteiger partial charge in [0.05, 0.1) is 12.4 Å². The van der Waals surface area contributed by atoms with E-state index in [2.05, 4.69) is 41.2 Å². The highest BCUT2D eigenvalue weighted by molar-refractivity contribution is 5.72. The van der Waals surface area contributed by atoms with Gasteiger partial charge in [-0.3, -0.25) is 4.79 Å². The molecular formula is C25H34N2O2. The minimum atomic E-state index is -0.242. The topological polar surface area (TPSA) is 52.1 Å². The van der Waals surface area contributed by atoms with Crippen LogP contribution in [0.2, 0.25) is 0 Å². The molecule has 1 aromatic heterocycles. The van der Waals surface area contributed by atoms with Crippen molar-refractivity contribution in [3.63, 3.8) is 0 Å². The van der Waals surface area contributed by atoms with E-state index in [0.29, 0.717) is 23.9 Å². The first-order valence-corrected chi connectivity index (χ1v) is 11.3. The van der Waals surface area contributed by atoms with Crippen LogP contribution in [0.3, 0.4) is 0 Å². The molecule has 1 aliphatic carbocycles. The summed E-state index contributed by atoms with van der Waals surface area (Å²) in [5.74, 6) is 2.45. The molecular weight excluding hydrogens is 360 g/mol. The van der Waals surface area contributed by atoms with Gasteiger partial charge in [0, 0.05) is 12.0 Å². The zero-order valence-electron chi connectivity index (χ0n) is 17.9. The van der Waals surface area contributed by atoms with Gasteiger partial charge < -0.3 is 4.74 Å². The van der Waals surface area contributed by atoms with Gasteiger partial charge in [0.2, 0.25) is 0 Å². The number of hydrogen-bond donors (Lipinski definition) is 0. The predicted octanol–water partition coefficient (Wildman–Crippen LogP) is 6.70. The Morgan fingerprint density at radius 3 is 2.28 bits per heavy atom. The SMILES string of the molecule is CCCCCC1CCC(c2ccc(-c3ncc(OC(=O)CCC)cn3)cc2)CC1. The molecule has 0 bridgehead atoms. The van der Waals surface area contributed by atoms with Crippen LogP contribution in [0.4, 0.5) is 0 Å². The van der Waals surface area contributed by atoms with E-state index in [1.54, 1.807) is 12.4 Å². The minimum Gasteiger partial charge on any atom is -0.423 e. The summed E-state index contributed by atoms with van der Waals surface area (Å²) in [6.07, 6.45) is 15.2. The fraction of sp³-hybridized carbons (Fsp3) is 0.560. The minimum absolute atomic E-state index is 0.242. The quantitative estimate of drug-likeness (QED) is 0.350. The summed E-state index contributed by atoms with van der Waals surface area (Å²) >= 11 is 0. The summed E-state index contributed by atoms with van der Waals surface area (Å²) in [4.78, 5) is 20.3. The van der Waals surface area contributed by atoms with E-state index < -0.39 is 0 Å². The lowest BCUT2D eigenvalue weighted by atomic mass is 9.77. The molecule has 0 atom stereocenters. The Balaban J connectivity index is 1.53. The molecule has 2 aromatic rings. The van der Waals surface area contributed by atoms with Crippen molar-refractivity contribution in [2.24, 2.45) is 5.92 Å². The number of benzene rings is 1. The second-order valence-corrected chi connectivity index (χ2v) is 8.30. The van der Waals surface area contributed by atoms with Gasteiger partial charge in [-0.15, -0.1) is 0 Å². The number of aromatic nitrogens is 2. The molecule has 4 nitrogen and oxygen atoms in total. The van der Waals surface area contributed by atoms with Crippen molar-refractivity contribution in [1.29, 1.82) is 0 Å². The van der Waals surface area contributed by atoms with Crippen LogP contribution in [0, 0.1) is 5.92 Å². The standard InChI is InChI=1S/C25H34N2O2/c1-3-5-6-8-19-9-11-20(12-10-19)21-13-15-22(16-14-21)25-26-17-23(18-27-25)29-24(28)7-4-2/h13-20H,3-12H2,1-2H3. The molecule has 0 amide bonds. The van der Waals surface area contributed by atoms with Crippen molar-refractivity contribution < 1.29 is 9.53 Å². The number of ether oxygens (including phenoxy) is 1. The Bertz CT molecular complexity index is 747. The Labute approximate surface area is 175 Å². The summed E-state index contributed by atoms with van der Waals surface area (Å²) in [6, 6.07) is 8.69. The van der Waals surface area contributed by atoms with Gasteiger partial charge in [-0.1, -0.05) is 63.8 Å². The molecule has 3 rings (SSSR count). The molecule has 4 heteroatoms. The molecule has 1 saturated carbocycles. The van der Waals surface area contributed by atoms with Gasteiger partial charge in [-0.2, -0.15) is 0 Å². The fourth-order valence-corrected chi connectivity index (χ4v) is 4.28. The smallest absolute Gasteiger partial charge is 0.311 e. The van der Waals surface area contributed by atoms with Gasteiger partial charge in [0.1, 0.15) is 0 Å². The van der Waals surface area contributed by atoms with E-state index >= 15 is 0 Å². The molecule has 1 heterocycles. The number of carbonyl (C=O) groups is 1. The van der Waals surface area contributed by atoms with Crippen LogP contribution >= 0.6 is 0 Å². The first-order valence-electron chi connectivity index (χ1n) is 11.3. The van der Waals surface area contributed by atoms with Crippen molar-refractivity contribution in [3.05, 3.63) is 42.2 Å². The molecule has 0 N–H and O–H groups in total. The molecule has 0 radical (unpaired) electrons. The van der Waals surface area contributed by atoms with Crippen LogP contribution < -0.4 is 4.74 Å². The third-order valence-corrected chi connectivity index (χ3v) is 6.02. The van der Waals surface area contributed by atoms with Crippen molar-refractivity contribution in [3.8, 4) is 17.1 Å². The third kappa shape index (κ3) is 6.38. The first kappa shape index (κ1) is 21.5. The molecule has 156 valence electrons. The van der Waals surface area contributed by atoms with Crippen LogP contribution in [0.1, 0.15) is 89.5 Å². The maximum atomic E-state index is 11.6. The summed E-state index contributed by atoms with van der Waals surface area (Å²) in [5.41, 5.74) is 2.43. The van der Waals surface area contributed by atoms with Crippen molar-refractivity contribution >= 4 is 5.97 Å². The summed E-state index contributed by atoms with van der Waals surface area (Å²) in [7, 11) is 0. The number of rotatable bonds is 9. The van der Waals surface area contributed by atoms with Gasteiger partial charge in [-0.05, 0) is 49.5 Å². The monoisotopic (exact) mass is 394 g/mol. The van der Waals surface area contributed by atoms with Gasteiger partial charge in [0.25, 0.3) is 0 Å². The second-order valence-electron chi connectivity index (χ2n) is 8.30. The van der Waals surface area contributed by atoms with Crippen molar-refractivity contribution in [2.45, 2.75) is 84.0 Å². The van der Waals surface area contributed by atoms with Crippen molar-refractivity contribution in [1.82, 2.24) is 9.97 Å². The number of carbonyl (C=O) groups excluding carboxylic acids is 1. The highest BCUT2D eigenvalue weighted by atomic mass is 16.5. The first-order chi connectivity index (χ1) is 14.2. The number of hydrogen-bond acceptors (Lipinski definition) is 4. The number of nitrogens with zero attached hydrogens (tertiary/aromatic N) is 2. The molecule has 1 aliphatic rings. The van der Waals surface area contributed by atoms with Gasteiger partial charge in [0.15, 0.2) is 11.6 Å². The Morgan fingerprint density at radius 2 is 1.66 bits per heavy atom. The fourth-order valence-electron chi connectivity index (χ4n) is 4.28. The molecule has 1 fully saturated rings. The molecule has 1 aromatic carbocycles. The van der Waals surface area contributed by atoms with Crippen LogP contribution in [-0.4, -0.2) is 15.9 Å². The zero-order valence-corrected chi connectivity index (χ0v) is 17.9. The van der Waals surface area contributed by atoms with E-state index in [9.17, 15) is 4.79 Å². The molecule has 0 spiro atoms. The summed E-state index contributed by atoms with van der Waals surface area (Å²) in [5, 5.41) is 0. The van der Waals surface area contributed by atoms with E-state index in [1.165, 1.54) is 56.9 Å². The Kier molecular flexibility index (Phi) is 8.21. The van der Waals surface area contributed by atoms with E-state index in [-0.39, 0.29) is 5.97 Å². The highest BCUT2D eigenvalue weighted by Crippen LogP contribution is 2.38. The summed E-state index contributed by atoms with van der Waals surface area (Å²) < 4.78 is 5.22. The lowest BCUT2D eigenvalue weighted by molar-refractivity contribution is -0.134. The molecule has 0 aliphatic heterocycles. The molecule has 0 saturated heterocycles. The van der Waals surface area contributed by atoms with E-state index in [1.807, 2.05) is 6.92 Å². The van der Waals surface area contributed by atoms with Crippen LogP contribution in [-0.2, 0) is 4.79 Å². The van der Waals surface area contributed by atoms with E-state index in [4.69, 9.17) is 4.74 Å². The largest absolute Gasteiger partial charge is 0.423 e. The maximum Gasteiger partial charge on any atom is 0.311 e. The number of esters is 1. The Morgan fingerprint density at radius 1 is 0.966 bits per heavy atom.